The van der Waals surface area contributed by atoms with E-state index in [-0.39, 0.29) is 11.8 Å². The van der Waals surface area contributed by atoms with Gasteiger partial charge in [0.15, 0.2) is 0 Å². The number of hydrogen-bond acceptors (Lipinski definition) is 4. The molecule has 0 fully saturated rings. The number of alkyl halides is 2. The van der Waals surface area contributed by atoms with Crippen LogP contribution >= 0.6 is 31.9 Å². The third-order valence-electron chi connectivity index (χ3n) is 3.92. The molecule has 0 N–H and O–H groups in total. The number of ether oxygens (including phenoxy) is 1. The highest BCUT2D eigenvalue weighted by molar-refractivity contribution is 9.08. The summed E-state index contributed by atoms with van der Waals surface area (Å²) in [6, 6.07) is 10.7. The first kappa shape index (κ1) is 18.1. The molecule has 130 valence electrons. The normalized spacial score (nSPS) is 13.3. The molecule has 1 aromatic heterocycles. The van der Waals surface area contributed by atoms with E-state index < -0.39 is 0 Å². The molecule has 5 nitrogen and oxygen atoms in total. The average Bonchev–Trinajstić information content (AvgIpc) is 2.90. The van der Waals surface area contributed by atoms with Crippen LogP contribution in [0.25, 0.3) is 0 Å². The van der Waals surface area contributed by atoms with Gasteiger partial charge >= 0.3 is 0 Å². The van der Waals surface area contributed by atoms with E-state index in [0.717, 1.165) is 11.4 Å². The lowest BCUT2D eigenvalue weighted by Crippen LogP contribution is -2.31. The summed E-state index contributed by atoms with van der Waals surface area (Å²) in [5.41, 5.74) is 2.72. The second-order valence-corrected chi connectivity index (χ2v) is 6.65. The van der Waals surface area contributed by atoms with Crippen LogP contribution in [-0.4, -0.2) is 34.8 Å². The van der Waals surface area contributed by atoms with Crippen molar-refractivity contribution in [2.45, 2.75) is 17.1 Å². The van der Waals surface area contributed by atoms with Gasteiger partial charge in [-0.25, -0.2) is 0 Å². The summed E-state index contributed by atoms with van der Waals surface area (Å²) >= 11 is 6.79. The number of amides is 2. The highest BCUT2D eigenvalue weighted by Crippen LogP contribution is 2.23. The number of nitrogens with zero attached hydrogens (tertiary/aromatic N) is 2. The Kier molecular flexibility index (Phi) is 5.86. The Labute approximate surface area is 162 Å². The van der Waals surface area contributed by atoms with E-state index in [1.807, 2.05) is 12.1 Å². The van der Waals surface area contributed by atoms with Crippen LogP contribution < -0.4 is 4.74 Å². The molecule has 3 rings (SSSR count). The van der Waals surface area contributed by atoms with Crippen molar-refractivity contribution in [2.75, 3.05) is 13.2 Å². The lowest BCUT2D eigenvalue weighted by atomic mass is 10.1. The van der Waals surface area contributed by atoms with Gasteiger partial charge in [0, 0.05) is 17.2 Å². The van der Waals surface area contributed by atoms with E-state index in [9.17, 15) is 9.59 Å². The van der Waals surface area contributed by atoms with Gasteiger partial charge in [0.25, 0.3) is 11.8 Å². The number of fused-ring (bicyclic) bond motifs is 1. The standard InChI is InChI=1S/C18H16Br2N2O3/c19-10-12-6-7-16(15(11-20)21-12)25-9-3-8-22-17(23)13-4-1-2-5-14(13)18(22)24/h1-2,4-7H,3,8-11H2. The smallest absolute Gasteiger partial charge is 0.261 e. The molecule has 2 amide bonds. The monoisotopic (exact) mass is 466 g/mol. The Morgan fingerprint density at radius 2 is 1.64 bits per heavy atom. The molecule has 1 aromatic carbocycles. The van der Waals surface area contributed by atoms with Crippen molar-refractivity contribution in [3.05, 3.63) is 58.9 Å². The number of rotatable bonds is 7. The Morgan fingerprint density at radius 3 is 2.24 bits per heavy atom. The second kappa shape index (κ2) is 8.10. The number of hydrogen-bond donors (Lipinski definition) is 0. The van der Waals surface area contributed by atoms with Crippen molar-refractivity contribution in [3.8, 4) is 5.75 Å². The molecule has 2 aromatic rings. The number of aromatic nitrogens is 1. The van der Waals surface area contributed by atoms with Gasteiger partial charge in [0.05, 0.1) is 29.1 Å². The van der Waals surface area contributed by atoms with Crippen molar-refractivity contribution in [2.24, 2.45) is 0 Å². The third kappa shape index (κ3) is 3.77. The largest absolute Gasteiger partial charge is 0.492 e. The Morgan fingerprint density at radius 1 is 0.960 bits per heavy atom. The fourth-order valence-electron chi connectivity index (χ4n) is 2.68. The number of halogens is 2. The molecule has 1 aliphatic rings. The summed E-state index contributed by atoms with van der Waals surface area (Å²) in [7, 11) is 0. The third-order valence-corrected chi connectivity index (χ3v) is 5.02. The predicted octanol–water partition coefficient (Wildman–Crippen LogP) is 3.94. The molecule has 25 heavy (non-hydrogen) atoms. The van der Waals surface area contributed by atoms with Crippen molar-refractivity contribution >= 4 is 43.7 Å². The zero-order valence-electron chi connectivity index (χ0n) is 13.4. The summed E-state index contributed by atoms with van der Waals surface area (Å²) in [5, 5.41) is 1.29. The van der Waals surface area contributed by atoms with Crippen LogP contribution in [0.15, 0.2) is 36.4 Å². The molecule has 7 heteroatoms. The maximum Gasteiger partial charge on any atom is 0.261 e. The van der Waals surface area contributed by atoms with Crippen LogP contribution in [0.5, 0.6) is 5.75 Å². The second-order valence-electron chi connectivity index (χ2n) is 5.52. The van der Waals surface area contributed by atoms with E-state index in [1.54, 1.807) is 24.3 Å². The molecule has 0 radical (unpaired) electrons. The minimum Gasteiger partial charge on any atom is -0.492 e. The average molecular weight is 468 g/mol. The van der Waals surface area contributed by atoms with Crippen LogP contribution in [0.4, 0.5) is 0 Å². The van der Waals surface area contributed by atoms with Crippen molar-refractivity contribution in [3.63, 3.8) is 0 Å². The molecular weight excluding hydrogens is 452 g/mol. The fourth-order valence-corrected chi connectivity index (χ4v) is 3.40. The van der Waals surface area contributed by atoms with Gasteiger partial charge in [-0.15, -0.1) is 0 Å². The van der Waals surface area contributed by atoms with Crippen LogP contribution in [0.1, 0.15) is 38.5 Å². The van der Waals surface area contributed by atoms with Gasteiger partial charge in [0.1, 0.15) is 5.75 Å². The predicted molar refractivity (Wildman–Crippen MR) is 101 cm³/mol. The molecule has 0 aliphatic carbocycles. The minimum absolute atomic E-state index is 0.231. The highest BCUT2D eigenvalue weighted by Gasteiger charge is 2.34. The first-order chi connectivity index (χ1) is 12.2. The molecule has 0 saturated heterocycles. The van der Waals surface area contributed by atoms with Gasteiger partial charge in [-0.1, -0.05) is 44.0 Å². The Bertz CT molecular complexity index is 776. The summed E-state index contributed by atoms with van der Waals surface area (Å²) in [4.78, 5) is 30.3. The van der Waals surface area contributed by atoms with E-state index in [1.165, 1.54) is 4.90 Å². The molecule has 0 saturated carbocycles. The van der Waals surface area contributed by atoms with Crippen LogP contribution in [0, 0.1) is 0 Å². The SMILES string of the molecule is O=C1c2ccccc2C(=O)N1CCCOc1ccc(CBr)nc1CBr. The van der Waals surface area contributed by atoms with Crippen molar-refractivity contribution < 1.29 is 14.3 Å². The summed E-state index contributed by atoms with van der Waals surface area (Å²) < 4.78 is 5.78. The molecule has 0 unspecified atom stereocenters. The van der Waals surface area contributed by atoms with Crippen LogP contribution in [0.3, 0.4) is 0 Å². The number of benzene rings is 1. The quantitative estimate of drug-likeness (QED) is 0.351. The number of carbonyl (C=O) groups excluding carboxylic acids is 2. The van der Waals surface area contributed by atoms with Gasteiger partial charge in [-0.2, -0.15) is 0 Å². The van der Waals surface area contributed by atoms with Gasteiger partial charge in [0.2, 0.25) is 0 Å². The van der Waals surface area contributed by atoms with Gasteiger partial charge < -0.3 is 4.74 Å². The molecule has 0 bridgehead atoms. The van der Waals surface area contributed by atoms with Crippen molar-refractivity contribution in [1.82, 2.24) is 9.88 Å². The maximum absolute atomic E-state index is 12.3. The van der Waals surface area contributed by atoms with E-state index in [0.29, 0.717) is 47.1 Å². The van der Waals surface area contributed by atoms with Crippen LogP contribution in [-0.2, 0) is 10.7 Å². The molecular formula is C18H16Br2N2O3. The summed E-state index contributed by atoms with van der Waals surface area (Å²) in [6.45, 7) is 0.742. The number of imide groups is 1. The lowest BCUT2D eigenvalue weighted by Gasteiger charge is -2.15. The Balaban J connectivity index is 1.56. The molecule has 0 atom stereocenters. The first-order valence-electron chi connectivity index (χ1n) is 7.84. The van der Waals surface area contributed by atoms with E-state index in [2.05, 4.69) is 36.8 Å². The Hall–Kier alpha value is -1.73. The van der Waals surface area contributed by atoms with Crippen LogP contribution in [0.2, 0.25) is 0 Å². The highest BCUT2D eigenvalue weighted by atomic mass is 79.9. The first-order valence-corrected chi connectivity index (χ1v) is 10.1. The number of carbonyl (C=O) groups is 2. The maximum atomic E-state index is 12.3. The van der Waals surface area contributed by atoms with E-state index >= 15 is 0 Å². The molecule has 0 spiro atoms. The zero-order valence-corrected chi connectivity index (χ0v) is 16.5. The lowest BCUT2D eigenvalue weighted by molar-refractivity contribution is 0.0646. The minimum atomic E-state index is -0.231. The molecule has 2 heterocycles. The number of pyridine rings is 1. The van der Waals surface area contributed by atoms with Crippen molar-refractivity contribution in [1.29, 1.82) is 0 Å². The van der Waals surface area contributed by atoms with E-state index in [4.69, 9.17) is 4.74 Å². The zero-order chi connectivity index (χ0) is 17.8. The van der Waals surface area contributed by atoms with Gasteiger partial charge in [-0.3, -0.25) is 19.5 Å². The molecule has 1 aliphatic heterocycles. The topological polar surface area (TPSA) is 59.5 Å². The summed E-state index contributed by atoms with van der Waals surface area (Å²) in [5.74, 6) is 0.249. The fraction of sp³-hybridized carbons (Fsp3) is 0.278. The van der Waals surface area contributed by atoms with Gasteiger partial charge in [-0.05, 0) is 30.7 Å². The summed E-state index contributed by atoms with van der Waals surface area (Å²) in [6.07, 6.45) is 0.563.